The van der Waals surface area contributed by atoms with Crippen molar-refractivity contribution in [1.82, 2.24) is 5.32 Å². The number of anilines is 1. The molecule has 0 bridgehead atoms. The molecule has 20 heavy (non-hydrogen) atoms. The van der Waals surface area contributed by atoms with Crippen molar-refractivity contribution in [3.05, 3.63) is 29.8 Å². The predicted octanol–water partition coefficient (Wildman–Crippen LogP) is 1.69. The molecular weight excluding hydrogens is 256 g/mol. The summed E-state index contributed by atoms with van der Waals surface area (Å²) in [6.45, 7) is 2.88. The fraction of sp³-hybridized carbons (Fsp3) is 0.467. The molecule has 0 radical (unpaired) electrons. The van der Waals surface area contributed by atoms with Crippen LogP contribution in [-0.2, 0) is 20.9 Å². The van der Waals surface area contributed by atoms with Crippen molar-refractivity contribution in [1.29, 1.82) is 0 Å². The summed E-state index contributed by atoms with van der Waals surface area (Å²) in [6, 6.07) is 7.51. The Hall–Kier alpha value is -1.88. The highest BCUT2D eigenvalue weighted by atomic mass is 16.5. The van der Waals surface area contributed by atoms with E-state index in [2.05, 4.69) is 10.6 Å². The summed E-state index contributed by atoms with van der Waals surface area (Å²) in [4.78, 5) is 23.1. The predicted molar refractivity (Wildman–Crippen MR) is 76.1 cm³/mol. The van der Waals surface area contributed by atoms with E-state index in [1.54, 1.807) is 0 Å². The summed E-state index contributed by atoms with van der Waals surface area (Å²) in [7, 11) is 0. The summed E-state index contributed by atoms with van der Waals surface area (Å²) in [5.74, 6) is 0.131. The second kappa shape index (κ2) is 7.05. The lowest BCUT2D eigenvalue weighted by atomic mass is 10.2. The van der Waals surface area contributed by atoms with Gasteiger partial charge in [0.15, 0.2) is 0 Å². The van der Waals surface area contributed by atoms with Gasteiger partial charge in [-0.2, -0.15) is 0 Å². The molecule has 1 saturated carbocycles. The zero-order valence-corrected chi connectivity index (χ0v) is 11.6. The number of rotatable bonds is 7. The molecule has 0 unspecified atom stereocenters. The van der Waals surface area contributed by atoms with Gasteiger partial charge in [-0.3, -0.25) is 9.59 Å². The molecule has 0 saturated heterocycles. The van der Waals surface area contributed by atoms with Gasteiger partial charge < -0.3 is 15.4 Å². The number of hydrogen-bond acceptors (Lipinski definition) is 3. The molecule has 5 nitrogen and oxygen atoms in total. The lowest BCUT2D eigenvalue weighted by Crippen LogP contribution is -2.27. The van der Waals surface area contributed by atoms with Crippen LogP contribution in [0.15, 0.2) is 24.3 Å². The minimum Gasteiger partial charge on any atom is -0.372 e. The van der Waals surface area contributed by atoms with Crippen molar-refractivity contribution in [2.45, 2.75) is 26.3 Å². The first-order valence-electron chi connectivity index (χ1n) is 6.93. The Morgan fingerprint density at radius 2 is 2.15 bits per heavy atom. The Morgan fingerprint density at radius 1 is 1.35 bits per heavy atom. The van der Waals surface area contributed by atoms with Crippen LogP contribution in [0.4, 0.5) is 5.69 Å². The lowest BCUT2D eigenvalue weighted by molar-refractivity contribution is -0.125. The summed E-state index contributed by atoms with van der Waals surface area (Å²) in [5.41, 5.74) is 1.72. The number of amides is 2. The third-order valence-electron chi connectivity index (χ3n) is 3.07. The van der Waals surface area contributed by atoms with Gasteiger partial charge in [-0.1, -0.05) is 12.1 Å². The normalized spacial score (nSPS) is 13.8. The number of carbonyl (C=O) groups excluding carboxylic acids is 2. The number of hydrogen-bond donors (Lipinski definition) is 2. The first-order valence-corrected chi connectivity index (χ1v) is 6.93. The van der Waals surface area contributed by atoms with E-state index in [9.17, 15) is 9.59 Å². The van der Waals surface area contributed by atoms with Gasteiger partial charge in [-0.25, -0.2) is 0 Å². The standard InChI is InChI=1S/C15H20N2O3/c1-2-20-10-14(18)16-9-11-4-3-5-13(8-11)17-15(19)12-6-7-12/h3-5,8,12H,2,6-7,9-10H2,1H3,(H,16,18)(H,17,19). The fourth-order valence-corrected chi connectivity index (χ4v) is 1.80. The van der Waals surface area contributed by atoms with Gasteiger partial charge in [0.25, 0.3) is 0 Å². The zero-order chi connectivity index (χ0) is 14.4. The van der Waals surface area contributed by atoms with Crippen molar-refractivity contribution in [2.24, 2.45) is 5.92 Å². The second-order valence-corrected chi connectivity index (χ2v) is 4.88. The number of ether oxygens (including phenoxy) is 1. The molecular formula is C15H20N2O3. The van der Waals surface area contributed by atoms with Gasteiger partial charge in [0.1, 0.15) is 6.61 Å². The van der Waals surface area contributed by atoms with E-state index >= 15 is 0 Å². The maximum atomic E-state index is 11.7. The maximum absolute atomic E-state index is 11.7. The van der Waals surface area contributed by atoms with Crippen molar-refractivity contribution >= 4 is 17.5 Å². The van der Waals surface area contributed by atoms with Gasteiger partial charge >= 0.3 is 0 Å². The summed E-state index contributed by atoms with van der Waals surface area (Å²) >= 11 is 0. The van der Waals surface area contributed by atoms with Crippen LogP contribution in [-0.4, -0.2) is 25.0 Å². The molecule has 1 aliphatic carbocycles. The quantitative estimate of drug-likeness (QED) is 0.796. The van der Waals surface area contributed by atoms with E-state index in [0.717, 1.165) is 24.1 Å². The Kier molecular flexibility index (Phi) is 5.12. The molecule has 1 aromatic carbocycles. The highest BCUT2D eigenvalue weighted by molar-refractivity contribution is 5.94. The topological polar surface area (TPSA) is 67.4 Å². The summed E-state index contributed by atoms with van der Waals surface area (Å²) in [6.07, 6.45) is 1.97. The highest BCUT2D eigenvalue weighted by Gasteiger charge is 2.29. The molecule has 108 valence electrons. The number of nitrogens with one attached hydrogen (secondary N) is 2. The first kappa shape index (κ1) is 14.5. The van der Waals surface area contributed by atoms with E-state index in [4.69, 9.17) is 4.74 Å². The number of benzene rings is 1. The molecule has 5 heteroatoms. The third kappa shape index (κ3) is 4.66. The molecule has 0 heterocycles. The minimum absolute atomic E-state index is 0.0780. The van der Waals surface area contributed by atoms with Crippen molar-refractivity contribution in [3.8, 4) is 0 Å². The average Bonchev–Trinajstić information content (AvgIpc) is 3.28. The summed E-state index contributed by atoms with van der Waals surface area (Å²) in [5, 5.41) is 5.66. The lowest BCUT2D eigenvalue weighted by Gasteiger charge is -2.08. The fourth-order valence-electron chi connectivity index (χ4n) is 1.80. The minimum atomic E-state index is -0.140. The van der Waals surface area contributed by atoms with E-state index in [-0.39, 0.29) is 24.3 Å². The molecule has 2 amide bonds. The van der Waals surface area contributed by atoms with Crippen LogP contribution in [0.2, 0.25) is 0 Å². The molecule has 2 rings (SSSR count). The van der Waals surface area contributed by atoms with Crippen molar-refractivity contribution in [2.75, 3.05) is 18.5 Å². The largest absolute Gasteiger partial charge is 0.372 e. The highest BCUT2D eigenvalue weighted by Crippen LogP contribution is 2.30. The molecule has 0 aliphatic heterocycles. The van der Waals surface area contributed by atoms with Gasteiger partial charge in [0, 0.05) is 24.8 Å². The SMILES string of the molecule is CCOCC(=O)NCc1cccc(NC(=O)C2CC2)c1. The van der Waals surface area contributed by atoms with Gasteiger partial charge in [-0.05, 0) is 37.5 Å². The Labute approximate surface area is 118 Å². The van der Waals surface area contributed by atoms with Crippen molar-refractivity contribution in [3.63, 3.8) is 0 Å². The Bertz CT molecular complexity index is 484. The maximum Gasteiger partial charge on any atom is 0.246 e. The average molecular weight is 276 g/mol. The third-order valence-corrected chi connectivity index (χ3v) is 3.07. The molecule has 0 atom stereocenters. The van der Waals surface area contributed by atoms with E-state index in [0.29, 0.717) is 13.2 Å². The van der Waals surface area contributed by atoms with Crippen LogP contribution < -0.4 is 10.6 Å². The van der Waals surface area contributed by atoms with Crippen LogP contribution >= 0.6 is 0 Å². The van der Waals surface area contributed by atoms with Gasteiger partial charge in [0.2, 0.25) is 11.8 Å². The van der Waals surface area contributed by atoms with E-state index in [1.807, 2.05) is 31.2 Å². The van der Waals surface area contributed by atoms with Crippen LogP contribution in [0, 0.1) is 5.92 Å². The summed E-state index contributed by atoms with van der Waals surface area (Å²) < 4.78 is 5.02. The molecule has 1 aromatic rings. The molecule has 0 spiro atoms. The van der Waals surface area contributed by atoms with Gasteiger partial charge in [0.05, 0.1) is 0 Å². The Morgan fingerprint density at radius 3 is 2.85 bits per heavy atom. The molecule has 1 fully saturated rings. The van der Waals surface area contributed by atoms with Crippen LogP contribution in [0.25, 0.3) is 0 Å². The van der Waals surface area contributed by atoms with Crippen LogP contribution in [0.5, 0.6) is 0 Å². The molecule has 1 aliphatic rings. The second-order valence-electron chi connectivity index (χ2n) is 4.88. The number of carbonyl (C=O) groups is 2. The first-order chi connectivity index (χ1) is 9.69. The molecule has 0 aromatic heterocycles. The smallest absolute Gasteiger partial charge is 0.246 e. The zero-order valence-electron chi connectivity index (χ0n) is 11.6. The monoisotopic (exact) mass is 276 g/mol. The van der Waals surface area contributed by atoms with E-state index < -0.39 is 0 Å². The van der Waals surface area contributed by atoms with Gasteiger partial charge in [-0.15, -0.1) is 0 Å². The Balaban J connectivity index is 1.82. The van der Waals surface area contributed by atoms with Crippen molar-refractivity contribution < 1.29 is 14.3 Å². The van der Waals surface area contributed by atoms with Crippen LogP contribution in [0.3, 0.4) is 0 Å². The molecule has 2 N–H and O–H groups in total. The van der Waals surface area contributed by atoms with Crippen LogP contribution in [0.1, 0.15) is 25.3 Å². The van der Waals surface area contributed by atoms with E-state index in [1.165, 1.54) is 0 Å².